The standard InChI is InChI=1S/C16H28N4O/c1-12(2)19-16(3,15(17)21)9-6-10-20-11-18-13-7-4-5-8-14(13)20/h11-12,19H,4-10H2,1-3H3,(H2,17,21). The van der Waals surface area contributed by atoms with Gasteiger partial charge in [-0.25, -0.2) is 4.98 Å². The van der Waals surface area contributed by atoms with Gasteiger partial charge in [-0.3, -0.25) is 4.79 Å². The summed E-state index contributed by atoms with van der Waals surface area (Å²) >= 11 is 0. The van der Waals surface area contributed by atoms with Crippen LogP contribution in [0.5, 0.6) is 0 Å². The topological polar surface area (TPSA) is 72.9 Å². The van der Waals surface area contributed by atoms with Gasteiger partial charge in [-0.15, -0.1) is 0 Å². The minimum absolute atomic E-state index is 0.239. The van der Waals surface area contributed by atoms with Gasteiger partial charge in [0.2, 0.25) is 5.91 Å². The third-order valence-electron chi connectivity index (χ3n) is 4.34. The second-order valence-corrected chi connectivity index (χ2v) is 6.64. The van der Waals surface area contributed by atoms with Gasteiger partial charge in [0.15, 0.2) is 0 Å². The number of carbonyl (C=O) groups is 1. The Kier molecular flexibility index (Phi) is 5.04. The first kappa shape index (κ1) is 16.0. The van der Waals surface area contributed by atoms with Crippen molar-refractivity contribution >= 4 is 5.91 Å². The fraction of sp³-hybridized carbons (Fsp3) is 0.750. The average Bonchev–Trinajstić information content (AvgIpc) is 2.81. The van der Waals surface area contributed by atoms with Crippen LogP contribution in [0.4, 0.5) is 0 Å². The highest BCUT2D eigenvalue weighted by molar-refractivity contribution is 5.84. The van der Waals surface area contributed by atoms with Crippen molar-refractivity contribution in [3.8, 4) is 0 Å². The average molecular weight is 292 g/mol. The molecule has 1 atom stereocenters. The molecule has 118 valence electrons. The van der Waals surface area contributed by atoms with Crippen molar-refractivity contribution in [1.82, 2.24) is 14.9 Å². The fourth-order valence-electron chi connectivity index (χ4n) is 3.23. The van der Waals surface area contributed by atoms with Crippen LogP contribution in [0.25, 0.3) is 0 Å². The molecule has 0 aromatic carbocycles. The normalized spacial score (nSPS) is 17.5. The summed E-state index contributed by atoms with van der Waals surface area (Å²) in [5, 5.41) is 3.30. The molecule has 3 N–H and O–H groups in total. The number of imidazole rings is 1. The van der Waals surface area contributed by atoms with E-state index in [0.29, 0.717) is 0 Å². The van der Waals surface area contributed by atoms with Crippen molar-refractivity contribution in [2.45, 2.75) is 77.4 Å². The monoisotopic (exact) mass is 292 g/mol. The van der Waals surface area contributed by atoms with E-state index in [1.807, 2.05) is 27.1 Å². The number of fused-ring (bicyclic) bond motifs is 1. The molecule has 1 aliphatic carbocycles. The summed E-state index contributed by atoms with van der Waals surface area (Å²) in [6.45, 7) is 6.88. The van der Waals surface area contributed by atoms with E-state index in [-0.39, 0.29) is 11.9 Å². The molecule has 5 heteroatoms. The van der Waals surface area contributed by atoms with Crippen LogP contribution in [-0.2, 0) is 24.2 Å². The quantitative estimate of drug-likeness (QED) is 0.804. The van der Waals surface area contributed by atoms with Gasteiger partial charge in [0.05, 0.1) is 17.6 Å². The number of amides is 1. The van der Waals surface area contributed by atoms with E-state index in [0.717, 1.165) is 32.2 Å². The lowest BCUT2D eigenvalue weighted by molar-refractivity contribution is -0.124. The van der Waals surface area contributed by atoms with Crippen LogP contribution < -0.4 is 11.1 Å². The Morgan fingerprint density at radius 1 is 1.48 bits per heavy atom. The molecule has 0 aliphatic heterocycles. The molecule has 2 rings (SSSR count). The van der Waals surface area contributed by atoms with Gasteiger partial charge in [-0.2, -0.15) is 0 Å². The maximum Gasteiger partial charge on any atom is 0.237 e. The van der Waals surface area contributed by atoms with Crippen molar-refractivity contribution in [1.29, 1.82) is 0 Å². The van der Waals surface area contributed by atoms with Crippen LogP contribution >= 0.6 is 0 Å². The fourth-order valence-corrected chi connectivity index (χ4v) is 3.23. The maximum absolute atomic E-state index is 11.7. The van der Waals surface area contributed by atoms with E-state index in [4.69, 9.17) is 5.73 Å². The number of primary amides is 1. The Bertz CT molecular complexity index is 494. The highest BCUT2D eigenvalue weighted by atomic mass is 16.1. The molecule has 1 amide bonds. The number of rotatable bonds is 7. The molecule has 0 fully saturated rings. The smallest absolute Gasteiger partial charge is 0.237 e. The molecule has 1 aliphatic rings. The second-order valence-electron chi connectivity index (χ2n) is 6.64. The Hall–Kier alpha value is -1.36. The third kappa shape index (κ3) is 3.84. The highest BCUT2D eigenvalue weighted by Crippen LogP contribution is 2.21. The van der Waals surface area contributed by atoms with Crippen LogP contribution in [0.3, 0.4) is 0 Å². The number of hydrogen-bond acceptors (Lipinski definition) is 3. The Morgan fingerprint density at radius 3 is 2.86 bits per heavy atom. The number of nitrogens with zero attached hydrogens (tertiary/aromatic N) is 2. The number of hydrogen-bond donors (Lipinski definition) is 2. The van der Waals surface area contributed by atoms with E-state index in [1.54, 1.807) is 0 Å². The molecule has 0 bridgehead atoms. The summed E-state index contributed by atoms with van der Waals surface area (Å²) in [6.07, 6.45) is 8.36. The summed E-state index contributed by atoms with van der Waals surface area (Å²) in [5.74, 6) is -0.274. The number of carbonyl (C=O) groups excluding carboxylic acids is 1. The first-order valence-corrected chi connectivity index (χ1v) is 8.03. The van der Waals surface area contributed by atoms with Crippen molar-refractivity contribution in [2.24, 2.45) is 5.73 Å². The lowest BCUT2D eigenvalue weighted by Crippen LogP contribution is -2.55. The molecule has 1 aromatic rings. The van der Waals surface area contributed by atoms with Crippen molar-refractivity contribution in [3.63, 3.8) is 0 Å². The molecule has 0 radical (unpaired) electrons. The van der Waals surface area contributed by atoms with Crippen LogP contribution in [-0.4, -0.2) is 27.0 Å². The number of nitrogens with two attached hydrogens (primary N) is 1. The predicted octanol–water partition coefficient (Wildman–Crippen LogP) is 1.78. The molecule has 0 saturated carbocycles. The van der Waals surface area contributed by atoms with Crippen LogP contribution in [0.15, 0.2) is 6.33 Å². The van der Waals surface area contributed by atoms with Gasteiger partial charge in [0.25, 0.3) is 0 Å². The Labute approximate surface area is 127 Å². The molecule has 0 saturated heterocycles. The lowest BCUT2D eigenvalue weighted by Gasteiger charge is -2.30. The predicted molar refractivity (Wildman–Crippen MR) is 84.0 cm³/mol. The zero-order valence-electron chi connectivity index (χ0n) is 13.5. The molecule has 21 heavy (non-hydrogen) atoms. The molecule has 1 unspecified atom stereocenters. The largest absolute Gasteiger partial charge is 0.368 e. The van der Waals surface area contributed by atoms with Gasteiger partial charge in [0.1, 0.15) is 0 Å². The maximum atomic E-state index is 11.7. The SMILES string of the molecule is CC(C)NC(C)(CCCn1cnc2c1CCCC2)C(N)=O. The molecule has 1 heterocycles. The highest BCUT2D eigenvalue weighted by Gasteiger charge is 2.30. The lowest BCUT2D eigenvalue weighted by atomic mass is 9.93. The molecule has 5 nitrogen and oxygen atoms in total. The zero-order valence-corrected chi connectivity index (χ0v) is 13.5. The van der Waals surface area contributed by atoms with Crippen LogP contribution in [0.1, 0.15) is 57.8 Å². The number of aromatic nitrogens is 2. The van der Waals surface area contributed by atoms with Gasteiger partial charge in [-0.05, 0) is 59.3 Å². The third-order valence-corrected chi connectivity index (χ3v) is 4.34. The van der Waals surface area contributed by atoms with Crippen molar-refractivity contribution in [2.75, 3.05) is 0 Å². The van der Waals surface area contributed by atoms with Gasteiger partial charge >= 0.3 is 0 Å². The minimum Gasteiger partial charge on any atom is -0.368 e. The summed E-state index contributed by atoms with van der Waals surface area (Å²) in [6, 6.07) is 0.239. The number of nitrogens with one attached hydrogen (secondary N) is 1. The van der Waals surface area contributed by atoms with E-state index >= 15 is 0 Å². The molecule has 1 aromatic heterocycles. The van der Waals surface area contributed by atoms with Gasteiger partial charge < -0.3 is 15.6 Å². The Morgan fingerprint density at radius 2 is 2.19 bits per heavy atom. The van der Waals surface area contributed by atoms with Crippen LogP contribution in [0, 0.1) is 0 Å². The number of aryl methyl sites for hydroxylation is 2. The van der Waals surface area contributed by atoms with Crippen molar-refractivity contribution < 1.29 is 4.79 Å². The molecule has 0 spiro atoms. The van der Waals surface area contributed by atoms with Crippen LogP contribution in [0.2, 0.25) is 0 Å². The van der Waals surface area contributed by atoms with E-state index in [1.165, 1.54) is 24.2 Å². The minimum atomic E-state index is -0.630. The first-order valence-electron chi connectivity index (χ1n) is 8.03. The second kappa shape index (κ2) is 6.60. The molecular weight excluding hydrogens is 264 g/mol. The summed E-state index contributed by atoms with van der Waals surface area (Å²) in [5.41, 5.74) is 7.59. The summed E-state index contributed by atoms with van der Waals surface area (Å²) in [7, 11) is 0. The van der Waals surface area contributed by atoms with Gasteiger partial charge in [-0.1, -0.05) is 0 Å². The van der Waals surface area contributed by atoms with E-state index in [9.17, 15) is 4.79 Å². The summed E-state index contributed by atoms with van der Waals surface area (Å²) in [4.78, 5) is 16.2. The Balaban J connectivity index is 1.93. The van der Waals surface area contributed by atoms with E-state index in [2.05, 4.69) is 14.9 Å². The molecular formula is C16H28N4O. The van der Waals surface area contributed by atoms with Gasteiger partial charge in [0, 0.05) is 18.3 Å². The van der Waals surface area contributed by atoms with E-state index < -0.39 is 5.54 Å². The first-order chi connectivity index (χ1) is 9.92. The van der Waals surface area contributed by atoms with Crippen molar-refractivity contribution in [3.05, 3.63) is 17.7 Å². The zero-order chi connectivity index (χ0) is 15.5. The summed E-state index contributed by atoms with van der Waals surface area (Å²) < 4.78 is 2.26.